The molecule has 0 aromatic carbocycles. The minimum absolute atomic E-state index is 0.142. The fraction of sp³-hybridized carbons (Fsp3) is 0.909. The zero-order valence-electron chi connectivity index (χ0n) is 10.5. The second-order valence-electron chi connectivity index (χ2n) is 5.22. The molecule has 0 saturated carbocycles. The van der Waals surface area contributed by atoms with Gasteiger partial charge in [0.25, 0.3) is 0 Å². The van der Waals surface area contributed by atoms with E-state index in [4.69, 9.17) is 9.57 Å². The van der Waals surface area contributed by atoms with E-state index in [9.17, 15) is 4.79 Å². The third kappa shape index (κ3) is 2.16. The molecule has 1 aliphatic heterocycles. The van der Waals surface area contributed by atoms with Crippen LogP contribution in [0.3, 0.4) is 0 Å². The van der Waals surface area contributed by atoms with Gasteiger partial charge in [0.15, 0.2) is 5.60 Å². The summed E-state index contributed by atoms with van der Waals surface area (Å²) in [5.74, 6) is -0.307. The fourth-order valence-electron chi connectivity index (χ4n) is 2.41. The largest absolute Gasteiger partial charge is 0.467 e. The van der Waals surface area contributed by atoms with Gasteiger partial charge in [0.05, 0.1) is 7.11 Å². The zero-order chi connectivity index (χ0) is 11.9. The van der Waals surface area contributed by atoms with Gasteiger partial charge in [-0.05, 0) is 34.6 Å². The summed E-state index contributed by atoms with van der Waals surface area (Å²) in [6, 6.07) is 0.242. The van der Waals surface area contributed by atoms with Crippen LogP contribution in [0, 0.1) is 0 Å². The highest BCUT2D eigenvalue weighted by Gasteiger charge is 2.53. The third-order valence-corrected chi connectivity index (χ3v) is 2.75. The smallest absolute Gasteiger partial charge is 0.340 e. The van der Waals surface area contributed by atoms with Crippen molar-refractivity contribution in [3.8, 4) is 0 Å². The van der Waals surface area contributed by atoms with Gasteiger partial charge in [0.1, 0.15) is 0 Å². The molecular formula is C11H21NO3. The van der Waals surface area contributed by atoms with Gasteiger partial charge in [-0.2, -0.15) is 5.06 Å². The van der Waals surface area contributed by atoms with Crippen molar-refractivity contribution in [3.05, 3.63) is 0 Å². The predicted octanol–water partition coefficient (Wildman–Crippen LogP) is 1.74. The van der Waals surface area contributed by atoms with Gasteiger partial charge in [-0.25, -0.2) is 4.79 Å². The Morgan fingerprint density at radius 3 is 2.27 bits per heavy atom. The molecule has 0 spiro atoms. The highest BCUT2D eigenvalue weighted by atomic mass is 16.7. The predicted molar refractivity (Wildman–Crippen MR) is 57.2 cm³/mol. The van der Waals surface area contributed by atoms with Crippen LogP contribution in [0.25, 0.3) is 0 Å². The number of hydrogen-bond donors (Lipinski definition) is 0. The molecule has 0 aliphatic carbocycles. The van der Waals surface area contributed by atoms with Crippen molar-refractivity contribution < 1.29 is 14.4 Å². The molecule has 0 radical (unpaired) electrons. The van der Waals surface area contributed by atoms with Crippen molar-refractivity contribution in [1.82, 2.24) is 5.06 Å². The first-order valence-corrected chi connectivity index (χ1v) is 5.30. The van der Waals surface area contributed by atoms with Crippen molar-refractivity contribution in [1.29, 1.82) is 0 Å². The fourth-order valence-corrected chi connectivity index (χ4v) is 2.41. The molecule has 0 bridgehead atoms. The Morgan fingerprint density at radius 2 is 1.93 bits per heavy atom. The van der Waals surface area contributed by atoms with E-state index in [0.717, 1.165) is 0 Å². The number of rotatable bonds is 2. The summed E-state index contributed by atoms with van der Waals surface area (Å²) >= 11 is 0. The number of ether oxygens (including phenoxy) is 1. The Balaban J connectivity index is 2.90. The minimum atomic E-state index is -0.845. The number of carbonyl (C=O) groups excluding carboxylic acids is 1. The van der Waals surface area contributed by atoms with Crippen LogP contribution >= 0.6 is 0 Å². The van der Waals surface area contributed by atoms with Gasteiger partial charge in [-0.3, -0.25) is 4.84 Å². The first-order valence-electron chi connectivity index (χ1n) is 5.30. The van der Waals surface area contributed by atoms with E-state index < -0.39 is 5.60 Å². The Morgan fingerprint density at radius 1 is 1.40 bits per heavy atom. The van der Waals surface area contributed by atoms with Gasteiger partial charge >= 0.3 is 5.97 Å². The van der Waals surface area contributed by atoms with Crippen LogP contribution in [0.15, 0.2) is 0 Å². The number of esters is 1. The monoisotopic (exact) mass is 215 g/mol. The normalized spacial score (nSPS) is 30.9. The Bertz CT molecular complexity index is 263. The van der Waals surface area contributed by atoms with Crippen LogP contribution in [-0.2, 0) is 14.4 Å². The highest BCUT2D eigenvalue weighted by Crippen LogP contribution is 2.40. The van der Waals surface area contributed by atoms with Crippen LogP contribution in [0.5, 0.6) is 0 Å². The maximum Gasteiger partial charge on any atom is 0.340 e. The van der Waals surface area contributed by atoms with Crippen molar-refractivity contribution in [2.75, 3.05) is 7.11 Å². The molecule has 1 unspecified atom stereocenters. The van der Waals surface area contributed by atoms with E-state index in [-0.39, 0.29) is 17.6 Å². The van der Waals surface area contributed by atoms with E-state index in [1.807, 2.05) is 18.9 Å². The highest BCUT2D eigenvalue weighted by molar-refractivity contribution is 5.79. The first kappa shape index (κ1) is 12.5. The average molecular weight is 215 g/mol. The lowest BCUT2D eigenvalue weighted by Gasteiger charge is -2.32. The van der Waals surface area contributed by atoms with Crippen LogP contribution in [0.1, 0.15) is 41.0 Å². The van der Waals surface area contributed by atoms with Crippen LogP contribution in [0.2, 0.25) is 0 Å². The molecule has 1 saturated heterocycles. The molecule has 1 heterocycles. The molecule has 4 nitrogen and oxygen atoms in total. The lowest BCUT2D eigenvalue weighted by atomic mass is 9.89. The van der Waals surface area contributed by atoms with E-state index in [2.05, 4.69) is 13.8 Å². The molecule has 1 atom stereocenters. The molecule has 1 fully saturated rings. The molecule has 0 aromatic rings. The summed E-state index contributed by atoms with van der Waals surface area (Å²) in [4.78, 5) is 17.4. The van der Waals surface area contributed by atoms with Crippen molar-refractivity contribution >= 4 is 5.97 Å². The quantitative estimate of drug-likeness (QED) is 0.658. The van der Waals surface area contributed by atoms with Crippen LogP contribution < -0.4 is 0 Å². The third-order valence-electron chi connectivity index (χ3n) is 2.75. The molecule has 15 heavy (non-hydrogen) atoms. The molecule has 0 amide bonds. The van der Waals surface area contributed by atoms with Crippen LogP contribution in [-0.4, -0.2) is 35.3 Å². The van der Waals surface area contributed by atoms with Gasteiger partial charge in [0, 0.05) is 18.0 Å². The first-order chi connectivity index (χ1) is 6.73. The molecule has 0 aromatic heterocycles. The van der Waals surface area contributed by atoms with Gasteiger partial charge < -0.3 is 4.74 Å². The van der Waals surface area contributed by atoms with E-state index >= 15 is 0 Å². The van der Waals surface area contributed by atoms with E-state index in [1.54, 1.807) is 6.92 Å². The van der Waals surface area contributed by atoms with Crippen LogP contribution in [0.4, 0.5) is 0 Å². The maximum absolute atomic E-state index is 11.6. The van der Waals surface area contributed by atoms with Gasteiger partial charge in [-0.15, -0.1) is 0 Å². The number of hydrogen-bond acceptors (Lipinski definition) is 4. The lowest BCUT2D eigenvalue weighted by molar-refractivity contribution is -0.235. The topological polar surface area (TPSA) is 38.8 Å². The molecule has 1 rings (SSSR count). The van der Waals surface area contributed by atoms with Crippen molar-refractivity contribution in [2.24, 2.45) is 0 Å². The second-order valence-corrected chi connectivity index (χ2v) is 5.22. The number of hydroxylamine groups is 2. The molecule has 4 heteroatoms. The Hall–Kier alpha value is -0.610. The van der Waals surface area contributed by atoms with Gasteiger partial charge in [0.2, 0.25) is 0 Å². The molecule has 1 aliphatic rings. The number of nitrogens with zero attached hydrogens (tertiary/aromatic N) is 1. The molecule has 88 valence electrons. The Labute approximate surface area is 91.5 Å². The summed E-state index contributed by atoms with van der Waals surface area (Å²) in [7, 11) is 1.39. The maximum atomic E-state index is 11.6. The minimum Gasteiger partial charge on any atom is -0.467 e. The molecular weight excluding hydrogens is 194 g/mol. The van der Waals surface area contributed by atoms with E-state index in [0.29, 0.717) is 6.42 Å². The van der Waals surface area contributed by atoms with Crippen molar-refractivity contribution in [3.63, 3.8) is 0 Å². The second kappa shape index (κ2) is 3.76. The summed E-state index contributed by atoms with van der Waals surface area (Å²) < 4.78 is 4.77. The summed E-state index contributed by atoms with van der Waals surface area (Å²) in [5.41, 5.74) is -0.986. The van der Waals surface area contributed by atoms with Crippen molar-refractivity contribution in [2.45, 2.75) is 58.2 Å². The SMILES string of the molecule is COC(=O)C1(C)CC(C)(C)N(C(C)C)O1. The zero-order valence-corrected chi connectivity index (χ0v) is 10.5. The van der Waals surface area contributed by atoms with Gasteiger partial charge in [-0.1, -0.05) is 0 Å². The lowest BCUT2D eigenvalue weighted by Crippen LogP contribution is -2.42. The Kier molecular flexibility index (Phi) is 3.12. The number of carbonyl (C=O) groups is 1. The summed E-state index contributed by atoms with van der Waals surface area (Å²) in [6.45, 7) is 10.0. The number of methoxy groups -OCH3 is 1. The van der Waals surface area contributed by atoms with E-state index in [1.165, 1.54) is 7.11 Å². The average Bonchev–Trinajstić information content (AvgIpc) is 2.36. The molecule has 0 N–H and O–H groups in total. The summed E-state index contributed by atoms with van der Waals surface area (Å²) in [5, 5.41) is 1.88. The standard InChI is InChI=1S/C11H21NO3/c1-8(2)12-10(3,4)7-11(5,15-12)9(13)14-6/h8H,7H2,1-6H3. The summed E-state index contributed by atoms with van der Waals surface area (Å²) in [6.07, 6.45) is 0.644.